The fraction of sp³-hybridized carbons (Fsp3) is 0.238. The number of rotatable bonds is 6. The number of benzene rings is 2. The molecule has 0 spiro atoms. The maximum Gasteiger partial charge on any atom is 0.277 e. The molecule has 4 rings (SSSR count). The number of nitrogens with zero attached hydrogens (tertiary/aromatic N) is 3. The van der Waals surface area contributed by atoms with E-state index < -0.39 is 0 Å². The summed E-state index contributed by atoms with van der Waals surface area (Å²) >= 11 is 0. The van der Waals surface area contributed by atoms with Crippen LogP contribution in [0.25, 0.3) is 33.2 Å². The average Bonchev–Trinajstić information content (AvgIpc) is 3.07. The largest absolute Gasteiger partial charge is 0.395 e. The van der Waals surface area contributed by atoms with E-state index in [0.29, 0.717) is 12.2 Å². The normalized spacial score (nSPS) is 11.5. The quantitative estimate of drug-likeness (QED) is 0.551. The van der Waals surface area contributed by atoms with Gasteiger partial charge in [0.15, 0.2) is 0 Å². The predicted molar refractivity (Wildman–Crippen MR) is 108 cm³/mol. The Kier molecular flexibility index (Phi) is 4.75. The summed E-state index contributed by atoms with van der Waals surface area (Å²) in [5, 5.41) is 10.4. The van der Waals surface area contributed by atoms with Crippen LogP contribution in [0.2, 0.25) is 0 Å². The topological polar surface area (TPSA) is 86.1 Å². The third-order valence-electron chi connectivity index (χ3n) is 4.82. The van der Waals surface area contributed by atoms with E-state index in [0.717, 1.165) is 40.5 Å². The molecule has 27 heavy (non-hydrogen) atoms. The molecule has 0 atom stereocenters. The molecule has 0 fully saturated rings. The van der Waals surface area contributed by atoms with Gasteiger partial charge in [-0.25, -0.2) is 4.98 Å². The lowest BCUT2D eigenvalue weighted by Crippen LogP contribution is -2.25. The van der Waals surface area contributed by atoms with Crippen LogP contribution in [0.5, 0.6) is 0 Å². The van der Waals surface area contributed by atoms with Crippen LogP contribution in [0.4, 0.5) is 0 Å². The minimum atomic E-state index is -0.190. The van der Waals surface area contributed by atoms with Crippen LogP contribution in [0.15, 0.2) is 59.5 Å². The zero-order valence-electron chi connectivity index (χ0n) is 15.0. The Morgan fingerprint density at radius 2 is 1.74 bits per heavy atom. The lowest BCUT2D eigenvalue weighted by Gasteiger charge is -2.10. The van der Waals surface area contributed by atoms with E-state index in [4.69, 9.17) is 5.73 Å². The van der Waals surface area contributed by atoms with E-state index in [1.54, 1.807) is 4.57 Å². The zero-order chi connectivity index (χ0) is 18.8. The number of nitrogens with two attached hydrogens (primary N) is 1. The molecule has 4 aromatic rings. The van der Waals surface area contributed by atoms with Gasteiger partial charge in [0.1, 0.15) is 5.69 Å². The summed E-state index contributed by atoms with van der Waals surface area (Å²) < 4.78 is 3.73. The Morgan fingerprint density at radius 3 is 2.52 bits per heavy atom. The Hall–Kier alpha value is -2.96. The van der Waals surface area contributed by atoms with Crippen LogP contribution in [0.1, 0.15) is 6.42 Å². The molecule has 6 heteroatoms. The van der Waals surface area contributed by atoms with Gasteiger partial charge in [-0.3, -0.25) is 4.79 Å². The maximum absolute atomic E-state index is 13.2. The van der Waals surface area contributed by atoms with Crippen LogP contribution in [0.3, 0.4) is 0 Å². The third-order valence-corrected chi connectivity index (χ3v) is 4.82. The highest BCUT2D eigenvalue weighted by Crippen LogP contribution is 2.29. The number of fused-ring (bicyclic) bond motifs is 2. The predicted octanol–water partition coefficient (Wildman–Crippen LogP) is 2.36. The molecule has 0 aliphatic rings. The molecule has 3 N–H and O–H groups in total. The van der Waals surface area contributed by atoms with Crippen molar-refractivity contribution in [3.8, 4) is 11.3 Å². The summed E-state index contributed by atoms with van der Waals surface area (Å²) in [7, 11) is 0. The number of hydrogen-bond donors (Lipinski definition) is 2. The molecule has 0 bridgehead atoms. The summed E-state index contributed by atoms with van der Waals surface area (Å²) in [5.74, 6) is 0. The van der Waals surface area contributed by atoms with Crippen LogP contribution in [-0.2, 0) is 13.1 Å². The first-order valence-corrected chi connectivity index (χ1v) is 9.13. The second-order valence-electron chi connectivity index (χ2n) is 6.53. The summed E-state index contributed by atoms with van der Waals surface area (Å²) in [5.41, 5.74) is 9.23. The van der Waals surface area contributed by atoms with Crippen molar-refractivity contribution in [2.75, 3.05) is 13.2 Å². The van der Waals surface area contributed by atoms with Gasteiger partial charge in [-0.2, -0.15) is 0 Å². The number of aromatic nitrogens is 3. The fourth-order valence-corrected chi connectivity index (χ4v) is 3.57. The molecule has 2 aromatic heterocycles. The Bertz CT molecular complexity index is 1160. The van der Waals surface area contributed by atoms with E-state index in [-0.39, 0.29) is 18.7 Å². The molecule has 0 saturated heterocycles. The molecule has 2 heterocycles. The molecule has 0 saturated carbocycles. The maximum atomic E-state index is 13.2. The number of aliphatic hydroxyl groups excluding tert-OH is 1. The van der Waals surface area contributed by atoms with E-state index in [9.17, 15) is 9.90 Å². The molecule has 2 aromatic carbocycles. The molecule has 0 unspecified atom stereocenters. The molecular formula is C21H22N4O2. The Balaban J connectivity index is 2.00. The Morgan fingerprint density at radius 1 is 1.00 bits per heavy atom. The van der Waals surface area contributed by atoms with Crippen molar-refractivity contribution < 1.29 is 5.11 Å². The van der Waals surface area contributed by atoms with Crippen LogP contribution >= 0.6 is 0 Å². The minimum absolute atomic E-state index is 0.106. The van der Waals surface area contributed by atoms with E-state index in [1.807, 2.05) is 54.7 Å². The first-order chi connectivity index (χ1) is 13.2. The van der Waals surface area contributed by atoms with Crippen molar-refractivity contribution in [3.05, 3.63) is 65.1 Å². The van der Waals surface area contributed by atoms with Crippen molar-refractivity contribution >= 4 is 21.9 Å². The monoisotopic (exact) mass is 362 g/mol. The first kappa shape index (κ1) is 17.5. The van der Waals surface area contributed by atoms with E-state index >= 15 is 0 Å². The molecular weight excluding hydrogens is 340 g/mol. The summed E-state index contributed by atoms with van der Waals surface area (Å²) in [6.45, 7) is 1.53. The van der Waals surface area contributed by atoms with Crippen LogP contribution < -0.4 is 11.3 Å². The van der Waals surface area contributed by atoms with Gasteiger partial charge in [0.25, 0.3) is 5.56 Å². The van der Waals surface area contributed by atoms with Gasteiger partial charge >= 0.3 is 0 Å². The highest BCUT2D eigenvalue weighted by atomic mass is 16.3. The van der Waals surface area contributed by atoms with Gasteiger partial charge in [0.2, 0.25) is 0 Å². The lowest BCUT2D eigenvalue weighted by molar-refractivity contribution is 0.276. The minimum Gasteiger partial charge on any atom is -0.395 e. The van der Waals surface area contributed by atoms with Crippen molar-refractivity contribution in [2.24, 2.45) is 5.73 Å². The van der Waals surface area contributed by atoms with Gasteiger partial charge < -0.3 is 20.0 Å². The highest BCUT2D eigenvalue weighted by Gasteiger charge is 2.17. The summed E-state index contributed by atoms with van der Waals surface area (Å²) in [4.78, 5) is 17.9. The Labute approximate surface area is 156 Å². The molecule has 0 radical (unpaired) electrons. The summed E-state index contributed by atoms with van der Waals surface area (Å²) in [6.07, 6.45) is 2.85. The molecule has 0 aliphatic carbocycles. The molecule has 0 aliphatic heterocycles. The first-order valence-electron chi connectivity index (χ1n) is 9.13. The van der Waals surface area contributed by atoms with Crippen LogP contribution in [0, 0.1) is 0 Å². The fourth-order valence-electron chi connectivity index (χ4n) is 3.57. The second kappa shape index (κ2) is 7.34. The van der Waals surface area contributed by atoms with Crippen molar-refractivity contribution in [1.82, 2.24) is 14.1 Å². The smallest absolute Gasteiger partial charge is 0.277 e. The van der Waals surface area contributed by atoms with Gasteiger partial charge in [-0.15, -0.1) is 0 Å². The number of hydrogen-bond acceptors (Lipinski definition) is 4. The van der Waals surface area contributed by atoms with Gasteiger partial charge in [-0.05, 0) is 31.2 Å². The van der Waals surface area contributed by atoms with Gasteiger partial charge in [0.05, 0.1) is 17.6 Å². The van der Waals surface area contributed by atoms with E-state index in [1.165, 1.54) is 0 Å². The van der Waals surface area contributed by atoms with Crippen molar-refractivity contribution in [1.29, 1.82) is 0 Å². The number of aliphatic hydroxyl groups is 1. The van der Waals surface area contributed by atoms with Crippen molar-refractivity contribution in [3.63, 3.8) is 0 Å². The van der Waals surface area contributed by atoms with E-state index in [2.05, 4.69) is 9.55 Å². The van der Waals surface area contributed by atoms with Gasteiger partial charge in [-0.1, -0.05) is 30.3 Å². The lowest BCUT2D eigenvalue weighted by atomic mass is 10.1. The average molecular weight is 362 g/mol. The summed E-state index contributed by atoms with van der Waals surface area (Å²) in [6, 6.07) is 15.5. The second-order valence-corrected chi connectivity index (χ2v) is 6.53. The number of para-hydroxylation sites is 3. The molecule has 138 valence electrons. The molecule has 6 nitrogen and oxygen atoms in total. The highest BCUT2D eigenvalue weighted by molar-refractivity contribution is 5.95. The standard InChI is InChI=1S/C21H22N4O2/c22-10-5-11-24-14-16(15-6-1-3-8-18(15)24)20-21(27)25(12-13-26)19-9-4-2-7-17(19)23-20/h1-4,6-9,14,26H,5,10-13,22H2. The van der Waals surface area contributed by atoms with Crippen molar-refractivity contribution in [2.45, 2.75) is 19.5 Å². The van der Waals surface area contributed by atoms with Crippen LogP contribution in [-0.4, -0.2) is 32.4 Å². The zero-order valence-corrected chi connectivity index (χ0v) is 15.0. The SMILES string of the molecule is NCCCn1cc(-c2nc3ccccc3n(CCO)c2=O)c2ccccc21. The number of aryl methyl sites for hydroxylation is 1. The third kappa shape index (κ3) is 3.03. The molecule has 0 amide bonds. The van der Waals surface area contributed by atoms with Gasteiger partial charge in [0, 0.05) is 35.8 Å².